The monoisotopic (exact) mass is 308 g/mol. The van der Waals surface area contributed by atoms with Crippen molar-refractivity contribution in [2.75, 3.05) is 26.2 Å². The summed E-state index contributed by atoms with van der Waals surface area (Å²) in [5, 5.41) is 6.94. The molecular formula is C19H24N4. The molecule has 1 aromatic heterocycles. The van der Waals surface area contributed by atoms with Gasteiger partial charge in [0.15, 0.2) is 0 Å². The van der Waals surface area contributed by atoms with E-state index in [1.165, 1.54) is 11.1 Å². The fourth-order valence-corrected chi connectivity index (χ4v) is 2.81. The van der Waals surface area contributed by atoms with E-state index in [9.17, 15) is 0 Å². The van der Waals surface area contributed by atoms with E-state index in [1.807, 2.05) is 24.5 Å². The highest BCUT2D eigenvalue weighted by atomic mass is 15.5. The van der Waals surface area contributed by atoms with Crippen molar-refractivity contribution in [2.45, 2.75) is 20.4 Å². The molecule has 0 amide bonds. The van der Waals surface area contributed by atoms with Crippen LogP contribution in [0.2, 0.25) is 0 Å². The second kappa shape index (κ2) is 7.38. The topological polar surface area (TPSA) is 31.7 Å². The van der Waals surface area contributed by atoms with Crippen molar-refractivity contribution in [3.63, 3.8) is 0 Å². The second-order valence-electron chi connectivity index (χ2n) is 6.14. The van der Waals surface area contributed by atoms with Crippen LogP contribution in [0.3, 0.4) is 0 Å². The maximum atomic E-state index is 4.75. The van der Waals surface area contributed by atoms with E-state index in [2.05, 4.69) is 53.0 Å². The smallest absolute Gasteiger partial charge is 0.0647 e. The van der Waals surface area contributed by atoms with Gasteiger partial charge in [-0.1, -0.05) is 29.8 Å². The van der Waals surface area contributed by atoms with Crippen molar-refractivity contribution >= 4 is 5.71 Å². The third-order valence-electron chi connectivity index (χ3n) is 4.26. The Hall–Kier alpha value is -2.20. The summed E-state index contributed by atoms with van der Waals surface area (Å²) in [5.74, 6) is 0. The Kier molecular flexibility index (Phi) is 5.03. The molecule has 1 saturated heterocycles. The second-order valence-corrected chi connectivity index (χ2v) is 6.14. The summed E-state index contributed by atoms with van der Waals surface area (Å²) in [5.41, 5.74) is 4.90. The molecule has 0 radical (unpaired) electrons. The van der Waals surface area contributed by atoms with Crippen LogP contribution in [0, 0.1) is 6.92 Å². The Balaban J connectivity index is 1.53. The molecule has 1 aliphatic rings. The fourth-order valence-electron chi connectivity index (χ4n) is 2.81. The molecule has 120 valence electrons. The number of hydrogen-bond donors (Lipinski definition) is 0. The summed E-state index contributed by atoms with van der Waals surface area (Å²) in [4.78, 5) is 6.55. The number of rotatable bonds is 4. The summed E-state index contributed by atoms with van der Waals surface area (Å²) in [6.45, 7) is 9.30. The first-order chi connectivity index (χ1) is 11.2. The van der Waals surface area contributed by atoms with E-state index in [0.717, 1.165) is 44.0 Å². The summed E-state index contributed by atoms with van der Waals surface area (Å²) < 4.78 is 0. The predicted molar refractivity (Wildman–Crippen MR) is 94.5 cm³/mol. The van der Waals surface area contributed by atoms with Crippen LogP contribution in [-0.4, -0.2) is 46.8 Å². The Morgan fingerprint density at radius 1 is 1.00 bits per heavy atom. The molecule has 2 aromatic rings. The van der Waals surface area contributed by atoms with Gasteiger partial charge in [-0.05, 0) is 31.5 Å². The summed E-state index contributed by atoms with van der Waals surface area (Å²) in [6, 6.07) is 12.8. The van der Waals surface area contributed by atoms with Gasteiger partial charge in [0.25, 0.3) is 0 Å². The number of piperazine rings is 1. The van der Waals surface area contributed by atoms with Crippen LogP contribution in [0.15, 0.2) is 53.9 Å². The molecule has 1 fully saturated rings. The van der Waals surface area contributed by atoms with Crippen LogP contribution in [-0.2, 0) is 6.54 Å². The molecule has 0 saturated carbocycles. The van der Waals surface area contributed by atoms with Crippen LogP contribution >= 0.6 is 0 Å². The van der Waals surface area contributed by atoms with Gasteiger partial charge in [0.2, 0.25) is 0 Å². The van der Waals surface area contributed by atoms with Gasteiger partial charge < -0.3 is 0 Å². The average Bonchev–Trinajstić information content (AvgIpc) is 2.59. The zero-order valence-corrected chi connectivity index (χ0v) is 13.9. The largest absolute Gasteiger partial charge is 0.295 e. The first-order valence-corrected chi connectivity index (χ1v) is 8.19. The first kappa shape index (κ1) is 15.7. The standard InChI is InChI=1S/C19H24N4/c1-16-3-5-18(6-4-16)15-22-11-13-23(14-12-22)21-17(2)19-7-9-20-10-8-19/h3-10H,11-15H2,1-2H3/b21-17-. The predicted octanol–water partition coefficient (Wildman–Crippen LogP) is 2.93. The third kappa shape index (κ3) is 4.39. The molecule has 4 heteroatoms. The maximum Gasteiger partial charge on any atom is 0.0647 e. The fraction of sp³-hybridized carbons (Fsp3) is 0.368. The number of nitrogens with zero attached hydrogens (tertiary/aromatic N) is 4. The number of hydrazone groups is 1. The summed E-state index contributed by atoms with van der Waals surface area (Å²) in [6.07, 6.45) is 3.63. The average molecular weight is 308 g/mol. The van der Waals surface area contributed by atoms with Gasteiger partial charge >= 0.3 is 0 Å². The zero-order valence-electron chi connectivity index (χ0n) is 13.9. The lowest BCUT2D eigenvalue weighted by atomic mass is 10.1. The van der Waals surface area contributed by atoms with E-state index >= 15 is 0 Å². The normalized spacial score (nSPS) is 16.6. The molecule has 0 unspecified atom stereocenters. The maximum absolute atomic E-state index is 4.75. The Labute approximate surface area is 138 Å². The van der Waals surface area contributed by atoms with Gasteiger partial charge in [0.1, 0.15) is 0 Å². The SMILES string of the molecule is C/C(=N/N1CCN(Cc2ccc(C)cc2)CC1)c1ccncc1. The molecule has 1 aromatic carbocycles. The third-order valence-corrected chi connectivity index (χ3v) is 4.26. The molecule has 0 N–H and O–H groups in total. The highest BCUT2D eigenvalue weighted by molar-refractivity contribution is 5.98. The van der Waals surface area contributed by atoms with E-state index in [4.69, 9.17) is 5.10 Å². The number of hydrogen-bond acceptors (Lipinski definition) is 4. The first-order valence-electron chi connectivity index (χ1n) is 8.19. The van der Waals surface area contributed by atoms with Crippen molar-refractivity contribution in [2.24, 2.45) is 5.10 Å². The quantitative estimate of drug-likeness (QED) is 0.814. The van der Waals surface area contributed by atoms with Crippen molar-refractivity contribution in [3.8, 4) is 0 Å². The van der Waals surface area contributed by atoms with E-state index in [0.29, 0.717) is 0 Å². The van der Waals surface area contributed by atoms with Crippen LogP contribution in [0.1, 0.15) is 23.6 Å². The lowest BCUT2D eigenvalue weighted by Gasteiger charge is -2.33. The molecule has 23 heavy (non-hydrogen) atoms. The molecule has 2 heterocycles. The molecule has 0 atom stereocenters. The van der Waals surface area contributed by atoms with Gasteiger partial charge in [-0.3, -0.25) is 14.9 Å². The highest BCUT2D eigenvalue weighted by Gasteiger charge is 2.16. The summed E-state index contributed by atoms with van der Waals surface area (Å²) >= 11 is 0. The minimum absolute atomic E-state index is 0.980. The molecule has 3 rings (SSSR count). The minimum atomic E-state index is 0.980. The van der Waals surface area contributed by atoms with Crippen LogP contribution in [0.25, 0.3) is 0 Å². The van der Waals surface area contributed by atoms with E-state index in [-0.39, 0.29) is 0 Å². The number of benzene rings is 1. The van der Waals surface area contributed by atoms with Gasteiger partial charge in [-0.2, -0.15) is 5.10 Å². The van der Waals surface area contributed by atoms with Gasteiger partial charge in [-0.15, -0.1) is 0 Å². The van der Waals surface area contributed by atoms with Crippen LogP contribution in [0.4, 0.5) is 0 Å². The zero-order chi connectivity index (χ0) is 16.1. The highest BCUT2D eigenvalue weighted by Crippen LogP contribution is 2.11. The lowest BCUT2D eigenvalue weighted by Crippen LogP contribution is -2.43. The Morgan fingerprint density at radius 3 is 2.30 bits per heavy atom. The minimum Gasteiger partial charge on any atom is -0.295 e. The van der Waals surface area contributed by atoms with Crippen LogP contribution < -0.4 is 0 Å². The van der Waals surface area contributed by atoms with Crippen molar-refractivity contribution < 1.29 is 0 Å². The molecule has 1 aliphatic heterocycles. The Bertz CT molecular complexity index is 641. The molecular weight excluding hydrogens is 284 g/mol. The van der Waals surface area contributed by atoms with Gasteiger partial charge in [0.05, 0.1) is 5.71 Å². The summed E-state index contributed by atoms with van der Waals surface area (Å²) in [7, 11) is 0. The van der Waals surface area contributed by atoms with Crippen molar-refractivity contribution in [1.82, 2.24) is 14.9 Å². The lowest BCUT2D eigenvalue weighted by molar-refractivity contribution is 0.130. The van der Waals surface area contributed by atoms with Crippen molar-refractivity contribution in [3.05, 3.63) is 65.5 Å². The van der Waals surface area contributed by atoms with Gasteiger partial charge in [-0.25, -0.2) is 0 Å². The van der Waals surface area contributed by atoms with E-state index < -0.39 is 0 Å². The molecule has 0 bridgehead atoms. The number of aryl methyl sites for hydroxylation is 1. The van der Waals surface area contributed by atoms with Gasteiger partial charge in [0, 0.05) is 50.7 Å². The van der Waals surface area contributed by atoms with Crippen LogP contribution in [0.5, 0.6) is 0 Å². The van der Waals surface area contributed by atoms with Crippen molar-refractivity contribution in [1.29, 1.82) is 0 Å². The number of pyridine rings is 1. The Morgan fingerprint density at radius 2 is 1.65 bits per heavy atom. The molecule has 0 aliphatic carbocycles. The number of aromatic nitrogens is 1. The molecule has 4 nitrogen and oxygen atoms in total. The van der Waals surface area contributed by atoms with E-state index in [1.54, 1.807) is 0 Å². The molecule has 0 spiro atoms.